The molecule has 1 aromatic heterocycles. The van der Waals surface area contributed by atoms with Gasteiger partial charge in [0.15, 0.2) is 0 Å². The first kappa shape index (κ1) is 16.9. The number of carbonyl (C=O) groups is 1. The number of nitrogens with zero attached hydrogens (tertiary/aromatic N) is 3. The number of carbonyl (C=O) groups excluding carboxylic acids is 1. The van der Waals surface area contributed by atoms with Gasteiger partial charge in [0.05, 0.1) is 17.9 Å². The second kappa shape index (κ2) is 7.32. The molecule has 0 aliphatic rings. The Bertz CT molecular complexity index is 854. The summed E-state index contributed by atoms with van der Waals surface area (Å²) in [7, 11) is 1.68. The van der Waals surface area contributed by atoms with E-state index in [9.17, 15) is 4.79 Å². The Kier molecular flexibility index (Phi) is 4.95. The molecule has 0 saturated heterocycles. The van der Waals surface area contributed by atoms with E-state index in [0.717, 1.165) is 16.8 Å². The van der Waals surface area contributed by atoms with E-state index in [4.69, 9.17) is 5.11 Å². The number of amides is 1. The first-order valence-electron chi connectivity index (χ1n) is 8.18. The third kappa shape index (κ3) is 3.61. The van der Waals surface area contributed by atoms with Crippen molar-refractivity contribution in [1.82, 2.24) is 14.7 Å². The summed E-state index contributed by atoms with van der Waals surface area (Å²) >= 11 is 0. The number of hydrogen-bond donors (Lipinski definition) is 1. The lowest BCUT2D eigenvalue weighted by Gasteiger charge is -2.15. The molecule has 0 bridgehead atoms. The molecule has 5 heteroatoms. The van der Waals surface area contributed by atoms with E-state index in [1.807, 2.05) is 61.5 Å². The van der Waals surface area contributed by atoms with Crippen LogP contribution in [0, 0.1) is 6.92 Å². The number of aliphatic hydroxyl groups is 1. The number of likely N-dealkylation sites (N-methyl/N-ethyl adjacent to an activating group) is 1. The highest BCUT2D eigenvalue weighted by Gasteiger charge is 2.21. The van der Waals surface area contributed by atoms with Gasteiger partial charge in [-0.3, -0.25) is 4.79 Å². The Morgan fingerprint density at radius 3 is 2.44 bits per heavy atom. The van der Waals surface area contributed by atoms with Gasteiger partial charge < -0.3 is 10.0 Å². The molecule has 0 atom stereocenters. The number of hydrogen-bond acceptors (Lipinski definition) is 3. The van der Waals surface area contributed by atoms with E-state index >= 15 is 0 Å². The smallest absolute Gasteiger partial charge is 0.257 e. The van der Waals surface area contributed by atoms with Crippen molar-refractivity contribution in [3.63, 3.8) is 0 Å². The molecule has 0 aliphatic heterocycles. The molecule has 5 nitrogen and oxygen atoms in total. The van der Waals surface area contributed by atoms with Gasteiger partial charge in [-0.2, -0.15) is 5.10 Å². The summed E-state index contributed by atoms with van der Waals surface area (Å²) < 4.78 is 1.72. The lowest BCUT2D eigenvalue weighted by atomic mass is 10.1. The maximum absolute atomic E-state index is 12.8. The van der Waals surface area contributed by atoms with Crippen LogP contribution in [0.15, 0.2) is 60.8 Å². The minimum atomic E-state index is -0.161. The van der Waals surface area contributed by atoms with E-state index < -0.39 is 0 Å². The van der Waals surface area contributed by atoms with E-state index in [1.54, 1.807) is 17.9 Å². The van der Waals surface area contributed by atoms with Gasteiger partial charge in [-0.15, -0.1) is 0 Å². The standard InChI is InChI=1S/C20H21N3O2/c1-15-8-10-17(11-9-15)23-14-18(20(25)22(2)12-13-24)19(21-23)16-6-4-3-5-7-16/h3-11,14,24H,12-13H2,1-2H3. The highest BCUT2D eigenvalue weighted by Crippen LogP contribution is 2.24. The molecular formula is C20H21N3O2. The minimum Gasteiger partial charge on any atom is -0.395 e. The van der Waals surface area contributed by atoms with Crippen LogP contribution in [0.1, 0.15) is 15.9 Å². The zero-order chi connectivity index (χ0) is 17.8. The van der Waals surface area contributed by atoms with Gasteiger partial charge >= 0.3 is 0 Å². The van der Waals surface area contributed by atoms with E-state index in [-0.39, 0.29) is 19.1 Å². The number of benzene rings is 2. The number of aromatic nitrogens is 2. The van der Waals surface area contributed by atoms with Crippen LogP contribution in [0.2, 0.25) is 0 Å². The van der Waals surface area contributed by atoms with Crippen molar-refractivity contribution in [3.8, 4) is 16.9 Å². The van der Waals surface area contributed by atoms with Crippen molar-refractivity contribution in [2.45, 2.75) is 6.92 Å². The van der Waals surface area contributed by atoms with E-state index in [0.29, 0.717) is 11.3 Å². The summed E-state index contributed by atoms with van der Waals surface area (Å²) in [4.78, 5) is 14.3. The second-order valence-electron chi connectivity index (χ2n) is 5.99. The van der Waals surface area contributed by atoms with E-state index in [1.165, 1.54) is 4.90 Å². The molecule has 0 unspecified atom stereocenters. The monoisotopic (exact) mass is 335 g/mol. The number of rotatable bonds is 5. The first-order chi connectivity index (χ1) is 12.1. The van der Waals surface area contributed by atoms with Crippen LogP contribution in [0.4, 0.5) is 0 Å². The quantitative estimate of drug-likeness (QED) is 0.780. The molecule has 1 N–H and O–H groups in total. The molecule has 128 valence electrons. The molecule has 1 amide bonds. The van der Waals surface area contributed by atoms with Gasteiger partial charge in [-0.25, -0.2) is 4.68 Å². The van der Waals surface area contributed by atoms with Gasteiger partial charge in [0.25, 0.3) is 5.91 Å². The van der Waals surface area contributed by atoms with E-state index in [2.05, 4.69) is 5.10 Å². The Morgan fingerprint density at radius 1 is 1.12 bits per heavy atom. The van der Waals surface area contributed by atoms with Crippen molar-refractivity contribution < 1.29 is 9.90 Å². The molecular weight excluding hydrogens is 314 g/mol. The Labute approximate surface area is 147 Å². The molecule has 3 aromatic rings. The summed E-state index contributed by atoms with van der Waals surface area (Å²) in [6.07, 6.45) is 1.75. The fourth-order valence-electron chi connectivity index (χ4n) is 2.63. The fraction of sp³-hybridized carbons (Fsp3) is 0.200. The lowest BCUT2D eigenvalue weighted by Crippen LogP contribution is -2.29. The van der Waals surface area contributed by atoms with Gasteiger partial charge in [-0.1, -0.05) is 48.0 Å². The zero-order valence-corrected chi connectivity index (χ0v) is 14.4. The normalized spacial score (nSPS) is 10.7. The van der Waals surface area contributed by atoms with Gasteiger partial charge in [0.1, 0.15) is 5.69 Å². The summed E-state index contributed by atoms with van der Waals surface area (Å²) in [6.45, 7) is 2.23. The SMILES string of the molecule is Cc1ccc(-n2cc(C(=O)N(C)CCO)c(-c3ccccc3)n2)cc1. The summed E-state index contributed by atoms with van der Waals surface area (Å²) in [6, 6.07) is 17.6. The molecule has 0 aliphatic carbocycles. The predicted octanol–water partition coefficient (Wildman–Crippen LogP) is 2.91. The lowest BCUT2D eigenvalue weighted by molar-refractivity contribution is 0.0767. The molecule has 1 heterocycles. The predicted molar refractivity (Wildman–Crippen MR) is 97.8 cm³/mol. The minimum absolute atomic E-state index is 0.0744. The van der Waals surface area contributed by atoms with Crippen molar-refractivity contribution in [3.05, 3.63) is 71.9 Å². The average molecular weight is 335 g/mol. The first-order valence-corrected chi connectivity index (χ1v) is 8.18. The molecule has 0 radical (unpaired) electrons. The third-order valence-corrected chi connectivity index (χ3v) is 4.07. The van der Waals surface area contributed by atoms with Crippen molar-refractivity contribution >= 4 is 5.91 Å². The second-order valence-corrected chi connectivity index (χ2v) is 5.99. The van der Waals surface area contributed by atoms with Gasteiger partial charge in [0, 0.05) is 25.4 Å². The maximum Gasteiger partial charge on any atom is 0.257 e. The van der Waals surface area contributed by atoms with Crippen LogP contribution in [-0.2, 0) is 0 Å². The molecule has 3 rings (SSSR count). The van der Waals surface area contributed by atoms with Crippen LogP contribution >= 0.6 is 0 Å². The Hall–Kier alpha value is -2.92. The van der Waals surface area contributed by atoms with Crippen molar-refractivity contribution in [1.29, 1.82) is 0 Å². The summed E-state index contributed by atoms with van der Waals surface area (Å²) in [5.41, 5.74) is 4.10. The van der Waals surface area contributed by atoms with Crippen LogP contribution in [0.5, 0.6) is 0 Å². The topological polar surface area (TPSA) is 58.4 Å². The highest BCUT2D eigenvalue weighted by molar-refractivity contribution is 5.99. The van der Waals surface area contributed by atoms with Gasteiger partial charge in [-0.05, 0) is 19.1 Å². The van der Waals surface area contributed by atoms with Crippen LogP contribution in [0.3, 0.4) is 0 Å². The Balaban J connectivity index is 2.08. The summed E-state index contributed by atoms with van der Waals surface area (Å²) in [5.74, 6) is -0.161. The molecule has 25 heavy (non-hydrogen) atoms. The van der Waals surface area contributed by atoms with Crippen molar-refractivity contribution in [2.24, 2.45) is 0 Å². The molecule has 0 saturated carbocycles. The third-order valence-electron chi connectivity index (χ3n) is 4.07. The summed E-state index contributed by atoms with van der Waals surface area (Å²) in [5, 5.41) is 13.8. The molecule has 0 fully saturated rings. The fourth-order valence-corrected chi connectivity index (χ4v) is 2.63. The highest BCUT2D eigenvalue weighted by atomic mass is 16.3. The number of aliphatic hydroxyl groups excluding tert-OH is 1. The largest absolute Gasteiger partial charge is 0.395 e. The van der Waals surface area contributed by atoms with Gasteiger partial charge in [0.2, 0.25) is 0 Å². The zero-order valence-electron chi connectivity index (χ0n) is 14.4. The maximum atomic E-state index is 12.8. The molecule has 0 spiro atoms. The van der Waals surface area contributed by atoms with Crippen LogP contribution in [-0.4, -0.2) is 45.9 Å². The number of aryl methyl sites for hydroxylation is 1. The average Bonchev–Trinajstić information content (AvgIpc) is 3.08. The van der Waals surface area contributed by atoms with Crippen LogP contribution < -0.4 is 0 Å². The van der Waals surface area contributed by atoms with Crippen LogP contribution in [0.25, 0.3) is 16.9 Å². The Morgan fingerprint density at radius 2 is 1.80 bits per heavy atom. The van der Waals surface area contributed by atoms with Crippen molar-refractivity contribution in [2.75, 3.05) is 20.2 Å². The molecule has 2 aromatic carbocycles.